The average Bonchev–Trinajstić information content (AvgIpc) is 2.69. The lowest BCUT2D eigenvalue weighted by Gasteiger charge is -2.14. The van der Waals surface area contributed by atoms with Crippen LogP contribution >= 0.6 is 0 Å². The second-order valence-corrected chi connectivity index (χ2v) is 5.84. The average molecular weight is 369 g/mol. The summed E-state index contributed by atoms with van der Waals surface area (Å²) in [6.45, 7) is 3.00. The number of benzene rings is 2. The number of hydrogen-bond donors (Lipinski definition) is 2. The quantitative estimate of drug-likeness (QED) is 0.448. The molecule has 0 bridgehead atoms. The summed E-state index contributed by atoms with van der Waals surface area (Å²) in [5.41, 5.74) is 2.59. The van der Waals surface area contributed by atoms with Gasteiger partial charge in [-0.05, 0) is 41.8 Å². The molecule has 0 unspecified atom stereocenters. The molecule has 2 aromatic carbocycles. The molecule has 2 aromatic rings. The second kappa shape index (κ2) is 10.1. The first kappa shape index (κ1) is 20.1. The molecule has 0 heterocycles. The van der Waals surface area contributed by atoms with Crippen molar-refractivity contribution in [3.8, 4) is 23.8 Å². The van der Waals surface area contributed by atoms with E-state index in [-0.39, 0.29) is 12.4 Å². The lowest BCUT2D eigenvalue weighted by molar-refractivity contribution is 0.330. The highest BCUT2D eigenvalue weighted by molar-refractivity contribution is 5.79. The summed E-state index contributed by atoms with van der Waals surface area (Å²) in [4.78, 5) is 4.20. The molecule has 0 saturated carbocycles. The van der Waals surface area contributed by atoms with Gasteiger partial charge in [-0.3, -0.25) is 4.99 Å². The van der Waals surface area contributed by atoms with Crippen molar-refractivity contribution >= 4 is 5.96 Å². The van der Waals surface area contributed by atoms with Crippen molar-refractivity contribution in [1.29, 1.82) is 0 Å². The molecular formula is C21H24FN3O2. The van der Waals surface area contributed by atoms with E-state index in [0.29, 0.717) is 36.1 Å². The van der Waals surface area contributed by atoms with Crippen LogP contribution in [0.4, 0.5) is 4.39 Å². The highest BCUT2D eigenvalue weighted by Gasteiger charge is 2.07. The van der Waals surface area contributed by atoms with E-state index in [9.17, 15) is 4.39 Å². The van der Waals surface area contributed by atoms with Crippen LogP contribution in [0.3, 0.4) is 0 Å². The second-order valence-electron chi connectivity index (χ2n) is 5.84. The summed E-state index contributed by atoms with van der Waals surface area (Å²) in [5.74, 6) is 4.10. The van der Waals surface area contributed by atoms with Gasteiger partial charge in [0.15, 0.2) is 17.5 Å². The van der Waals surface area contributed by atoms with Crippen LogP contribution < -0.4 is 20.1 Å². The van der Waals surface area contributed by atoms with Crippen LogP contribution in [0.2, 0.25) is 0 Å². The summed E-state index contributed by atoms with van der Waals surface area (Å²) in [5, 5.41) is 6.44. The summed E-state index contributed by atoms with van der Waals surface area (Å²) >= 11 is 0. The Hall–Kier alpha value is -3.20. The number of nitrogens with one attached hydrogen (secondary N) is 2. The maximum Gasteiger partial charge on any atom is 0.191 e. The minimum absolute atomic E-state index is 0.174. The van der Waals surface area contributed by atoms with Crippen LogP contribution in [0.15, 0.2) is 41.4 Å². The molecule has 2 rings (SSSR count). The molecule has 142 valence electrons. The Morgan fingerprint density at radius 1 is 1.11 bits per heavy atom. The van der Waals surface area contributed by atoms with Gasteiger partial charge in [-0.15, -0.1) is 6.42 Å². The van der Waals surface area contributed by atoms with Crippen molar-refractivity contribution in [2.24, 2.45) is 4.99 Å². The number of terminal acetylenes is 1. The van der Waals surface area contributed by atoms with E-state index in [0.717, 1.165) is 11.1 Å². The highest BCUT2D eigenvalue weighted by Crippen LogP contribution is 2.27. The normalized spacial score (nSPS) is 10.9. The van der Waals surface area contributed by atoms with Gasteiger partial charge < -0.3 is 20.1 Å². The first-order valence-corrected chi connectivity index (χ1v) is 8.50. The first-order chi connectivity index (χ1) is 13.1. The van der Waals surface area contributed by atoms with Crippen molar-refractivity contribution < 1.29 is 13.9 Å². The number of aliphatic imine (C=N–C) groups is 1. The largest absolute Gasteiger partial charge is 0.493 e. The number of nitrogens with zero attached hydrogens (tertiary/aromatic N) is 1. The Balaban J connectivity index is 1.95. The molecule has 5 nitrogen and oxygen atoms in total. The van der Waals surface area contributed by atoms with Crippen LogP contribution in [0.5, 0.6) is 11.5 Å². The molecule has 0 spiro atoms. The zero-order chi connectivity index (χ0) is 19.6. The van der Waals surface area contributed by atoms with Crippen molar-refractivity contribution in [1.82, 2.24) is 10.6 Å². The predicted octanol–water partition coefficient (Wildman–Crippen LogP) is 3.02. The van der Waals surface area contributed by atoms with Crippen molar-refractivity contribution in [2.75, 3.05) is 20.8 Å². The maximum atomic E-state index is 13.4. The fourth-order valence-electron chi connectivity index (χ4n) is 2.47. The van der Waals surface area contributed by atoms with Crippen molar-refractivity contribution in [3.05, 3.63) is 58.9 Å². The summed E-state index contributed by atoms with van der Waals surface area (Å²) in [6, 6.07) is 10.7. The molecule has 6 heteroatoms. The first-order valence-electron chi connectivity index (χ1n) is 8.50. The number of rotatable bonds is 7. The zero-order valence-corrected chi connectivity index (χ0v) is 15.8. The van der Waals surface area contributed by atoms with E-state index < -0.39 is 0 Å². The molecule has 0 amide bonds. The topological polar surface area (TPSA) is 54.9 Å². The molecule has 0 radical (unpaired) electrons. The monoisotopic (exact) mass is 369 g/mol. The van der Waals surface area contributed by atoms with Gasteiger partial charge in [0, 0.05) is 20.1 Å². The van der Waals surface area contributed by atoms with Gasteiger partial charge in [0.05, 0.1) is 7.11 Å². The fourth-order valence-corrected chi connectivity index (χ4v) is 2.47. The number of hydrogen-bond acceptors (Lipinski definition) is 3. The van der Waals surface area contributed by atoms with Crippen molar-refractivity contribution in [2.45, 2.75) is 20.0 Å². The molecule has 0 aromatic heterocycles. The zero-order valence-electron chi connectivity index (χ0n) is 15.8. The number of aryl methyl sites for hydroxylation is 1. The molecule has 0 fully saturated rings. The minimum Gasteiger partial charge on any atom is -0.493 e. The Bertz CT molecular complexity index is 844. The number of methoxy groups -OCH3 is 1. The van der Waals surface area contributed by atoms with E-state index in [1.165, 1.54) is 6.07 Å². The Labute approximate surface area is 159 Å². The van der Waals surface area contributed by atoms with Gasteiger partial charge in [0.2, 0.25) is 0 Å². The van der Waals surface area contributed by atoms with E-state index in [1.54, 1.807) is 27.1 Å². The lowest BCUT2D eigenvalue weighted by atomic mass is 10.1. The van der Waals surface area contributed by atoms with E-state index in [2.05, 4.69) is 21.5 Å². The Morgan fingerprint density at radius 2 is 1.78 bits per heavy atom. The summed E-state index contributed by atoms with van der Waals surface area (Å²) in [7, 11) is 3.28. The van der Waals surface area contributed by atoms with E-state index in [1.807, 2.05) is 24.3 Å². The standard InChI is InChI=1S/C21H24FN3O2/c1-5-10-27-20-12-17(7-9-19(20)26-4)14-25-21(23-3)24-13-16-6-8-18(22)15(2)11-16/h1,6-9,11-12H,10,13-14H2,2-4H3,(H2,23,24,25). The van der Waals surface area contributed by atoms with Crippen molar-refractivity contribution in [3.63, 3.8) is 0 Å². The minimum atomic E-state index is -0.205. The number of ether oxygens (including phenoxy) is 2. The third-order valence-electron chi connectivity index (χ3n) is 3.90. The summed E-state index contributed by atoms with van der Waals surface area (Å²) < 4.78 is 24.1. The maximum absolute atomic E-state index is 13.4. The smallest absolute Gasteiger partial charge is 0.191 e. The van der Waals surface area contributed by atoms with Gasteiger partial charge in [0.25, 0.3) is 0 Å². The van der Waals surface area contributed by atoms with E-state index >= 15 is 0 Å². The van der Waals surface area contributed by atoms with Crippen LogP contribution in [-0.4, -0.2) is 26.7 Å². The third kappa shape index (κ3) is 5.93. The number of guanidine groups is 1. The summed E-state index contributed by atoms with van der Waals surface area (Å²) in [6.07, 6.45) is 5.25. The van der Waals surface area contributed by atoms with Gasteiger partial charge >= 0.3 is 0 Å². The van der Waals surface area contributed by atoms with Crippen LogP contribution in [0, 0.1) is 25.1 Å². The lowest BCUT2D eigenvalue weighted by Crippen LogP contribution is -2.36. The Kier molecular flexibility index (Phi) is 7.50. The molecule has 0 aliphatic rings. The molecule has 0 saturated heterocycles. The molecule has 27 heavy (non-hydrogen) atoms. The van der Waals surface area contributed by atoms with Crippen LogP contribution in [0.1, 0.15) is 16.7 Å². The highest BCUT2D eigenvalue weighted by atomic mass is 19.1. The van der Waals surface area contributed by atoms with E-state index in [4.69, 9.17) is 15.9 Å². The number of halogens is 1. The Morgan fingerprint density at radius 3 is 2.37 bits per heavy atom. The van der Waals surface area contributed by atoms with Gasteiger partial charge in [-0.2, -0.15) is 0 Å². The van der Waals surface area contributed by atoms with Crippen LogP contribution in [0.25, 0.3) is 0 Å². The van der Waals surface area contributed by atoms with Gasteiger partial charge in [-0.25, -0.2) is 4.39 Å². The SMILES string of the molecule is C#CCOc1cc(CNC(=NC)NCc2ccc(F)c(C)c2)ccc1OC. The van der Waals surface area contributed by atoms with Gasteiger partial charge in [-0.1, -0.05) is 24.1 Å². The third-order valence-corrected chi connectivity index (χ3v) is 3.90. The molecule has 0 aliphatic heterocycles. The molecule has 2 N–H and O–H groups in total. The fraction of sp³-hybridized carbons (Fsp3) is 0.286. The predicted molar refractivity (Wildman–Crippen MR) is 105 cm³/mol. The van der Waals surface area contributed by atoms with Gasteiger partial charge in [0.1, 0.15) is 12.4 Å². The molecular weight excluding hydrogens is 345 g/mol. The molecule has 0 atom stereocenters. The van der Waals surface area contributed by atoms with Crippen LogP contribution in [-0.2, 0) is 13.1 Å². The molecule has 0 aliphatic carbocycles.